The monoisotopic (exact) mass is 457 g/mol. The third-order valence-electron chi connectivity index (χ3n) is 5.68. The molecule has 0 aliphatic carbocycles. The standard InChI is InChI=1S/C27H25ClN4O/c1-32(2,3)22-13-11-19(12-14-22)17-30-27(33)26-25(28)23-9-4-5-10-24(23)31(26)18-21-8-6-7-20(15-21)16-29/h4-15H,17-18H2,1-3H3/p+1. The maximum absolute atomic E-state index is 13.3. The Morgan fingerprint density at radius 3 is 2.42 bits per heavy atom. The van der Waals surface area contributed by atoms with Crippen LogP contribution in [0.3, 0.4) is 0 Å². The molecule has 33 heavy (non-hydrogen) atoms. The number of nitrogens with one attached hydrogen (secondary N) is 1. The summed E-state index contributed by atoms with van der Waals surface area (Å²) in [5.41, 5.74) is 5.01. The van der Waals surface area contributed by atoms with Gasteiger partial charge in [0.25, 0.3) is 5.91 Å². The van der Waals surface area contributed by atoms with Crippen molar-refractivity contribution in [2.24, 2.45) is 0 Å². The lowest BCUT2D eigenvalue weighted by Gasteiger charge is -2.23. The Hall–Kier alpha value is -3.59. The number of hydrogen-bond donors (Lipinski definition) is 1. The van der Waals surface area contributed by atoms with Crippen LogP contribution >= 0.6 is 11.6 Å². The summed E-state index contributed by atoms with van der Waals surface area (Å²) in [6, 6.07) is 25.5. The first-order chi connectivity index (χ1) is 15.8. The van der Waals surface area contributed by atoms with Crippen molar-refractivity contribution in [3.63, 3.8) is 0 Å². The van der Waals surface area contributed by atoms with E-state index in [4.69, 9.17) is 11.6 Å². The van der Waals surface area contributed by atoms with Crippen molar-refractivity contribution in [2.45, 2.75) is 13.1 Å². The van der Waals surface area contributed by atoms with E-state index in [0.717, 1.165) is 26.5 Å². The van der Waals surface area contributed by atoms with E-state index >= 15 is 0 Å². The SMILES string of the molecule is C[N+](C)(C)c1ccc(CNC(=O)c2c(Cl)c3ccccc3n2Cc2cccc(C#N)c2)cc1. The highest BCUT2D eigenvalue weighted by molar-refractivity contribution is 6.38. The predicted octanol–water partition coefficient (Wildman–Crippen LogP) is 5.34. The number of quaternary nitrogens is 1. The average Bonchev–Trinajstić information content (AvgIpc) is 3.09. The highest BCUT2D eigenvalue weighted by Gasteiger charge is 2.22. The Labute approximate surface area is 199 Å². The number of hydrogen-bond acceptors (Lipinski definition) is 2. The zero-order chi connectivity index (χ0) is 23.6. The Kier molecular flexibility index (Phi) is 6.24. The molecule has 0 aliphatic heterocycles. The zero-order valence-corrected chi connectivity index (χ0v) is 19.7. The molecule has 0 bridgehead atoms. The van der Waals surface area contributed by atoms with E-state index in [1.54, 1.807) is 6.07 Å². The minimum absolute atomic E-state index is 0.233. The van der Waals surface area contributed by atoms with Crippen LogP contribution in [0.15, 0.2) is 72.8 Å². The summed E-state index contributed by atoms with van der Waals surface area (Å²) >= 11 is 6.70. The van der Waals surface area contributed by atoms with Crippen LogP contribution in [0.25, 0.3) is 10.9 Å². The summed E-state index contributed by atoms with van der Waals surface area (Å²) in [7, 11) is 6.34. The van der Waals surface area contributed by atoms with E-state index in [1.165, 1.54) is 5.69 Å². The lowest BCUT2D eigenvalue weighted by Crippen LogP contribution is -2.34. The molecule has 0 atom stereocenters. The van der Waals surface area contributed by atoms with Gasteiger partial charge in [-0.3, -0.25) is 9.28 Å². The maximum Gasteiger partial charge on any atom is 0.269 e. The summed E-state index contributed by atoms with van der Waals surface area (Å²) in [4.78, 5) is 13.3. The topological polar surface area (TPSA) is 57.8 Å². The minimum atomic E-state index is -0.233. The lowest BCUT2D eigenvalue weighted by atomic mass is 10.1. The first kappa shape index (κ1) is 22.6. The molecule has 5 nitrogen and oxygen atoms in total. The van der Waals surface area contributed by atoms with Gasteiger partial charge in [0.05, 0.1) is 43.3 Å². The number of para-hydroxylation sites is 1. The second kappa shape index (κ2) is 9.11. The molecule has 1 N–H and O–H groups in total. The number of nitriles is 1. The van der Waals surface area contributed by atoms with E-state index in [2.05, 4.69) is 44.7 Å². The fourth-order valence-corrected chi connectivity index (χ4v) is 4.24. The summed E-state index contributed by atoms with van der Waals surface area (Å²) in [6.45, 7) is 0.835. The molecule has 0 unspecified atom stereocenters. The van der Waals surface area contributed by atoms with Gasteiger partial charge in [-0.1, -0.05) is 54.1 Å². The number of carbonyl (C=O) groups excluding carboxylic acids is 1. The number of carbonyl (C=O) groups is 1. The molecule has 6 heteroatoms. The van der Waals surface area contributed by atoms with Gasteiger partial charge in [0.15, 0.2) is 0 Å². The van der Waals surface area contributed by atoms with Gasteiger partial charge in [-0.25, -0.2) is 0 Å². The first-order valence-corrected chi connectivity index (χ1v) is 11.1. The van der Waals surface area contributed by atoms with Crippen LogP contribution in [0, 0.1) is 11.3 Å². The Balaban J connectivity index is 1.63. The summed E-state index contributed by atoms with van der Waals surface area (Å²) in [5.74, 6) is -0.233. The Morgan fingerprint density at radius 2 is 1.73 bits per heavy atom. The molecule has 0 fully saturated rings. The van der Waals surface area contributed by atoms with Gasteiger partial charge in [0, 0.05) is 18.5 Å². The van der Waals surface area contributed by atoms with Crippen molar-refractivity contribution >= 4 is 34.1 Å². The Morgan fingerprint density at radius 1 is 1.00 bits per heavy atom. The van der Waals surface area contributed by atoms with Crippen LogP contribution in [0.2, 0.25) is 5.02 Å². The number of rotatable bonds is 6. The summed E-state index contributed by atoms with van der Waals surface area (Å²) in [5, 5.41) is 13.5. The molecule has 0 aliphatic rings. The van der Waals surface area contributed by atoms with Crippen molar-refractivity contribution in [1.82, 2.24) is 14.4 Å². The number of fused-ring (bicyclic) bond motifs is 1. The average molecular weight is 458 g/mol. The number of nitrogens with zero attached hydrogens (tertiary/aromatic N) is 3. The van der Waals surface area contributed by atoms with Crippen LogP contribution in [-0.2, 0) is 13.1 Å². The second-order valence-electron chi connectivity index (χ2n) is 8.94. The number of halogens is 1. The van der Waals surface area contributed by atoms with E-state index in [-0.39, 0.29) is 5.91 Å². The third kappa shape index (κ3) is 4.78. The molecular weight excluding hydrogens is 432 g/mol. The molecule has 0 saturated carbocycles. The first-order valence-electron chi connectivity index (χ1n) is 10.7. The molecule has 166 valence electrons. The van der Waals surface area contributed by atoms with Gasteiger partial charge in [0.1, 0.15) is 11.4 Å². The quantitative estimate of drug-likeness (QED) is 0.397. The molecule has 0 spiro atoms. The molecule has 0 radical (unpaired) electrons. The van der Waals surface area contributed by atoms with Crippen LogP contribution in [0.4, 0.5) is 5.69 Å². The van der Waals surface area contributed by atoms with E-state index < -0.39 is 0 Å². The molecule has 1 amide bonds. The highest BCUT2D eigenvalue weighted by atomic mass is 35.5. The van der Waals surface area contributed by atoms with Gasteiger partial charge in [-0.05, 0) is 41.5 Å². The van der Waals surface area contributed by atoms with Crippen molar-refractivity contribution in [2.75, 3.05) is 21.1 Å². The molecule has 4 rings (SSSR count). The van der Waals surface area contributed by atoms with E-state index in [1.807, 2.05) is 59.2 Å². The number of amides is 1. The van der Waals surface area contributed by atoms with Crippen molar-refractivity contribution in [3.8, 4) is 6.07 Å². The fraction of sp³-hybridized carbons (Fsp3) is 0.185. The van der Waals surface area contributed by atoms with Crippen LogP contribution in [-0.4, -0.2) is 31.6 Å². The van der Waals surface area contributed by atoms with Crippen LogP contribution in [0.1, 0.15) is 27.2 Å². The summed E-state index contributed by atoms with van der Waals surface area (Å²) in [6.07, 6.45) is 0. The van der Waals surface area contributed by atoms with E-state index in [0.29, 0.717) is 29.4 Å². The number of aromatic nitrogens is 1. The van der Waals surface area contributed by atoms with Crippen molar-refractivity contribution < 1.29 is 4.79 Å². The van der Waals surface area contributed by atoms with Gasteiger partial charge >= 0.3 is 0 Å². The van der Waals surface area contributed by atoms with Gasteiger partial charge in [-0.15, -0.1) is 0 Å². The van der Waals surface area contributed by atoms with Crippen LogP contribution in [0.5, 0.6) is 0 Å². The van der Waals surface area contributed by atoms with Gasteiger partial charge in [-0.2, -0.15) is 5.26 Å². The molecular formula is C27H26ClN4O+. The third-order valence-corrected chi connectivity index (χ3v) is 6.07. The summed E-state index contributed by atoms with van der Waals surface area (Å²) < 4.78 is 2.65. The minimum Gasteiger partial charge on any atom is -0.347 e. The lowest BCUT2D eigenvalue weighted by molar-refractivity contribution is 0.0942. The largest absolute Gasteiger partial charge is 0.347 e. The Bertz CT molecular complexity index is 1360. The second-order valence-corrected chi connectivity index (χ2v) is 9.32. The van der Waals surface area contributed by atoms with Crippen molar-refractivity contribution in [1.29, 1.82) is 5.26 Å². The van der Waals surface area contributed by atoms with Gasteiger partial charge < -0.3 is 9.88 Å². The molecule has 0 saturated heterocycles. The fourth-order valence-electron chi connectivity index (χ4n) is 3.90. The number of benzene rings is 3. The van der Waals surface area contributed by atoms with E-state index in [9.17, 15) is 10.1 Å². The smallest absolute Gasteiger partial charge is 0.269 e. The predicted molar refractivity (Wildman–Crippen MR) is 134 cm³/mol. The molecule has 4 aromatic rings. The van der Waals surface area contributed by atoms with Crippen LogP contribution < -0.4 is 9.80 Å². The van der Waals surface area contributed by atoms with Crippen molar-refractivity contribution in [3.05, 3.63) is 100 Å². The molecule has 3 aromatic carbocycles. The molecule has 1 aromatic heterocycles. The highest BCUT2D eigenvalue weighted by Crippen LogP contribution is 2.31. The zero-order valence-electron chi connectivity index (χ0n) is 19.0. The normalized spacial score (nSPS) is 11.4. The molecule has 1 heterocycles. The van der Waals surface area contributed by atoms with Gasteiger partial charge in [0.2, 0.25) is 0 Å². The maximum atomic E-state index is 13.3.